The van der Waals surface area contributed by atoms with E-state index in [0.717, 1.165) is 24.6 Å². The minimum absolute atomic E-state index is 0.496. The number of piperidine rings is 1. The molecule has 1 fully saturated rings. The first-order valence-corrected chi connectivity index (χ1v) is 7.68. The van der Waals surface area contributed by atoms with Crippen LogP contribution in [0.5, 0.6) is 0 Å². The van der Waals surface area contributed by atoms with Gasteiger partial charge in [0, 0.05) is 30.9 Å². The van der Waals surface area contributed by atoms with Gasteiger partial charge >= 0.3 is 0 Å². The highest BCUT2D eigenvalue weighted by molar-refractivity contribution is 7.80. The number of hydrogen-bond acceptors (Lipinski definition) is 3. The molecule has 1 saturated heterocycles. The Morgan fingerprint density at radius 3 is 2.55 bits per heavy atom. The summed E-state index contributed by atoms with van der Waals surface area (Å²) in [5, 5.41) is 0. The molecule has 20 heavy (non-hydrogen) atoms. The average Bonchev–Trinajstić information content (AvgIpc) is 2.38. The van der Waals surface area contributed by atoms with Gasteiger partial charge in [-0.3, -0.25) is 0 Å². The van der Waals surface area contributed by atoms with Gasteiger partial charge in [-0.1, -0.05) is 18.3 Å². The zero-order valence-corrected chi connectivity index (χ0v) is 13.5. The summed E-state index contributed by atoms with van der Waals surface area (Å²) in [5.41, 5.74) is 9.34. The van der Waals surface area contributed by atoms with Crippen molar-refractivity contribution in [2.45, 2.75) is 19.8 Å². The predicted molar refractivity (Wildman–Crippen MR) is 90.6 cm³/mol. The maximum absolute atomic E-state index is 5.86. The third kappa shape index (κ3) is 3.70. The Morgan fingerprint density at radius 2 is 2.00 bits per heavy atom. The second-order valence-electron chi connectivity index (χ2n) is 6.08. The Bertz CT molecular complexity index is 477. The highest BCUT2D eigenvalue weighted by Crippen LogP contribution is 2.27. The van der Waals surface area contributed by atoms with Crippen LogP contribution < -0.4 is 10.6 Å². The number of hydrogen-bond donors (Lipinski definition) is 1. The topological polar surface area (TPSA) is 32.5 Å². The maximum atomic E-state index is 5.86. The van der Waals surface area contributed by atoms with Crippen LogP contribution in [0, 0.1) is 12.8 Å². The first kappa shape index (κ1) is 15.3. The fourth-order valence-corrected chi connectivity index (χ4v) is 3.16. The molecule has 0 amide bonds. The molecule has 1 aliphatic rings. The number of thiocarbonyl (C=S) groups is 1. The molecular weight excluding hydrogens is 266 g/mol. The van der Waals surface area contributed by atoms with Crippen molar-refractivity contribution < 1.29 is 0 Å². The molecule has 1 aliphatic heterocycles. The minimum atomic E-state index is 0.496. The first-order chi connectivity index (χ1) is 9.47. The van der Waals surface area contributed by atoms with E-state index in [1.165, 1.54) is 30.6 Å². The number of aryl methyl sites for hydroxylation is 1. The van der Waals surface area contributed by atoms with E-state index < -0.39 is 0 Å². The van der Waals surface area contributed by atoms with E-state index in [4.69, 9.17) is 18.0 Å². The van der Waals surface area contributed by atoms with Crippen molar-refractivity contribution in [2.24, 2.45) is 11.7 Å². The molecule has 0 radical (unpaired) electrons. The van der Waals surface area contributed by atoms with Crippen LogP contribution in [0.2, 0.25) is 0 Å². The second kappa shape index (κ2) is 6.55. The van der Waals surface area contributed by atoms with E-state index in [2.05, 4.69) is 49.0 Å². The Morgan fingerprint density at radius 1 is 1.35 bits per heavy atom. The van der Waals surface area contributed by atoms with Crippen molar-refractivity contribution in [3.8, 4) is 0 Å². The zero-order valence-electron chi connectivity index (χ0n) is 12.7. The quantitative estimate of drug-likeness (QED) is 0.864. The van der Waals surface area contributed by atoms with Gasteiger partial charge in [-0.15, -0.1) is 0 Å². The third-order valence-corrected chi connectivity index (χ3v) is 4.22. The monoisotopic (exact) mass is 291 g/mol. The fourth-order valence-electron chi connectivity index (χ4n) is 2.98. The Balaban J connectivity index is 2.10. The molecule has 3 nitrogen and oxygen atoms in total. The SMILES string of the molecule is Cc1ccc(C(N)=S)c(N2CCC(CN(C)C)CC2)c1. The van der Waals surface area contributed by atoms with Gasteiger partial charge in [0.05, 0.1) is 0 Å². The van der Waals surface area contributed by atoms with Crippen molar-refractivity contribution >= 4 is 22.9 Å². The molecule has 4 heteroatoms. The van der Waals surface area contributed by atoms with E-state index in [9.17, 15) is 0 Å². The summed E-state index contributed by atoms with van der Waals surface area (Å²) in [6.07, 6.45) is 2.48. The lowest BCUT2D eigenvalue weighted by Gasteiger charge is -2.35. The van der Waals surface area contributed by atoms with Crippen LogP contribution in [-0.2, 0) is 0 Å². The van der Waals surface area contributed by atoms with E-state index >= 15 is 0 Å². The molecule has 1 aromatic carbocycles. The summed E-state index contributed by atoms with van der Waals surface area (Å²) >= 11 is 5.19. The molecule has 110 valence electrons. The standard InChI is InChI=1S/C16H25N3S/c1-12-4-5-14(16(17)20)15(10-12)19-8-6-13(7-9-19)11-18(2)3/h4-5,10,13H,6-9,11H2,1-3H3,(H2,17,20). The number of benzene rings is 1. The van der Waals surface area contributed by atoms with Crippen molar-refractivity contribution in [1.29, 1.82) is 0 Å². The van der Waals surface area contributed by atoms with Gasteiger partial charge in [-0.25, -0.2) is 0 Å². The van der Waals surface area contributed by atoms with Gasteiger partial charge in [-0.2, -0.15) is 0 Å². The Hall–Kier alpha value is -1.13. The van der Waals surface area contributed by atoms with Gasteiger partial charge in [0.1, 0.15) is 4.99 Å². The molecule has 0 aliphatic carbocycles. The molecule has 0 unspecified atom stereocenters. The number of nitrogens with two attached hydrogens (primary N) is 1. The highest BCUT2D eigenvalue weighted by atomic mass is 32.1. The lowest BCUT2D eigenvalue weighted by molar-refractivity contribution is 0.285. The lowest BCUT2D eigenvalue weighted by atomic mass is 9.95. The first-order valence-electron chi connectivity index (χ1n) is 7.27. The summed E-state index contributed by atoms with van der Waals surface area (Å²) in [5.74, 6) is 0.805. The van der Waals surface area contributed by atoms with Crippen molar-refractivity contribution in [3.63, 3.8) is 0 Å². The van der Waals surface area contributed by atoms with Crippen LogP contribution in [0.4, 0.5) is 5.69 Å². The largest absolute Gasteiger partial charge is 0.389 e. The van der Waals surface area contributed by atoms with Crippen LogP contribution in [-0.4, -0.2) is 43.6 Å². The summed E-state index contributed by atoms with van der Waals surface area (Å²) < 4.78 is 0. The molecule has 1 aromatic rings. The van der Waals surface area contributed by atoms with Crippen molar-refractivity contribution in [1.82, 2.24) is 4.90 Å². The second-order valence-corrected chi connectivity index (χ2v) is 6.52. The lowest BCUT2D eigenvalue weighted by Crippen LogP contribution is -2.38. The van der Waals surface area contributed by atoms with Gasteiger partial charge < -0.3 is 15.5 Å². The average molecular weight is 291 g/mol. The third-order valence-electron chi connectivity index (χ3n) is 4.00. The molecule has 1 heterocycles. The smallest absolute Gasteiger partial charge is 0.106 e. The van der Waals surface area contributed by atoms with Crippen molar-refractivity contribution in [2.75, 3.05) is 38.6 Å². The van der Waals surface area contributed by atoms with E-state index in [1.807, 2.05) is 0 Å². The van der Waals surface area contributed by atoms with Crippen LogP contribution in [0.3, 0.4) is 0 Å². The summed E-state index contributed by atoms with van der Waals surface area (Å²) in [6, 6.07) is 6.34. The van der Waals surface area contributed by atoms with Gasteiger partial charge in [0.15, 0.2) is 0 Å². The predicted octanol–water partition coefficient (Wildman–Crippen LogP) is 2.41. The molecule has 2 N–H and O–H groups in total. The molecule has 0 aromatic heterocycles. The van der Waals surface area contributed by atoms with Gasteiger partial charge in [0.25, 0.3) is 0 Å². The molecule has 0 atom stereocenters. The van der Waals surface area contributed by atoms with Crippen molar-refractivity contribution in [3.05, 3.63) is 29.3 Å². The Kier molecular flexibility index (Phi) is 5.00. The minimum Gasteiger partial charge on any atom is -0.389 e. The van der Waals surface area contributed by atoms with Gasteiger partial charge in [0.2, 0.25) is 0 Å². The van der Waals surface area contributed by atoms with E-state index in [1.54, 1.807) is 0 Å². The number of anilines is 1. The van der Waals surface area contributed by atoms with Crippen LogP contribution in [0.1, 0.15) is 24.0 Å². The zero-order chi connectivity index (χ0) is 14.7. The molecule has 0 spiro atoms. The van der Waals surface area contributed by atoms with Gasteiger partial charge in [-0.05, 0) is 57.5 Å². The molecule has 0 saturated carbocycles. The highest BCUT2D eigenvalue weighted by Gasteiger charge is 2.22. The molecule has 2 rings (SSSR count). The summed E-state index contributed by atoms with van der Waals surface area (Å²) in [7, 11) is 4.30. The fraction of sp³-hybridized carbons (Fsp3) is 0.562. The Labute approximate surface area is 127 Å². The maximum Gasteiger partial charge on any atom is 0.106 e. The molecular formula is C16H25N3S. The van der Waals surface area contributed by atoms with E-state index in [-0.39, 0.29) is 0 Å². The van der Waals surface area contributed by atoms with E-state index in [0.29, 0.717) is 4.99 Å². The summed E-state index contributed by atoms with van der Waals surface area (Å²) in [4.78, 5) is 5.22. The number of rotatable bonds is 4. The molecule has 0 bridgehead atoms. The van der Waals surface area contributed by atoms with Crippen LogP contribution >= 0.6 is 12.2 Å². The normalized spacial score (nSPS) is 16.7. The van der Waals surface area contributed by atoms with Crippen LogP contribution in [0.25, 0.3) is 0 Å². The van der Waals surface area contributed by atoms with Crippen LogP contribution in [0.15, 0.2) is 18.2 Å². The summed E-state index contributed by atoms with van der Waals surface area (Å²) in [6.45, 7) is 5.49. The number of nitrogens with zero attached hydrogens (tertiary/aromatic N) is 2.